The zero-order valence-electron chi connectivity index (χ0n) is 10.3. The molecule has 1 aliphatic carbocycles. The maximum Gasteiger partial charge on any atom is 0.252 e. The summed E-state index contributed by atoms with van der Waals surface area (Å²) in [6.45, 7) is 5.22. The van der Waals surface area contributed by atoms with Gasteiger partial charge in [0.2, 0.25) is 0 Å². The van der Waals surface area contributed by atoms with Gasteiger partial charge in [0.15, 0.2) is 5.96 Å². The lowest BCUT2D eigenvalue weighted by molar-refractivity contribution is -0.125. The predicted molar refractivity (Wildman–Crippen MR) is 65.8 cm³/mol. The molecule has 5 nitrogen and oxygen atoms in total. The Bertz CT molecular complexity index is 354. The molecule has 2 saturated heterocycles. The third kappa shape index (κ3) is 2.04. The van der Waals surface area contributed by atoms with E-state index in [-0.39, 0.29) is 11.4 Å². The molecule has 0 aromatic heterocycles. The fourth-order valence-electron chi connectivity index (χ4n) is 2.60. The molecule has 5 heteroatoms. The highest BCUT2D eigenvalue weighted by atomic mass is 16.2. The number of likely N-dealkylation sites (tertiary alicyclic amines) is 1. The van der Waals surface area contributed by atoms with Crippen LogP contribution in [-0.4, -0.2) is 48.0 Å². The molecule has 3 fully saturated rings. The molecule has 94 valence electrons. The van der Waals surface area contributed by atoms with Crippen LogP contribution in [0, 0.1) is 0 Å². The van der Waals surface area contributed by atoms with Crippen molar-refractivity contribution in [2.45, 2.75) is 44.2 Å². The summed E-state index contributed by atoms with van der Waals surface area (Å²) in [7, 11) is 0. The molecule has 2 N–H and O–H groups in total. The molecule has 0 atom stereocenters. The van der Waals surface area contributed by atoms with Crippen molar-refractivity contribution in [1.29, 1.82) is 0 Å². The van der Waals surface area contributed by atoms with Crippen LogP contribution in [0.4, 0.5) is 0 Å². The number of carbonyl (C=O) groups excluding carboxylic acids is 1. The normalized spacial score (nSPS) is 30.6. The Kier molecular flexibility index (Phi) is 2.58. The van der Waals surface area contributed by atoms with Crippen LogP contribution in [0.15, 0.2) is 4.99 Å². The van der Waals surface area contributed by atoms with Crippen molar-refractivity contribution in [3.63, 3.8) is 0 Å². The third-order valence-electron chi connectivity index (χ3n) is 4.04. The van der Waals surface area contributed by atoms with Gasteiger partial charge in [0, 0.05) is 13.1 Å². The molecule has 3 rings (SSSR count). The van der Waals surface area contributed by atoms with Crippen molar-refractivity contribution < 1.29 is 4.79 Å². The van der Waals surface area contributed by atoms with Gasteiger partial charge in [-0.25, -0.2) is 4.99 Å². The summed E-state index contributed by atoms with van der Waals surface area (Å²) in [6, 6.07) is 0.448. The van der Waals surface area contributed by atoms with Crippen molar-refractivity contribution in [1.82, 2.24) is 15.5 Å². The van der Waals surface area contributed by atoms with E-state index in [4.69, 9.17) is 0 Å². The number of amides is 1. The van der Waals surface area contributed by atoms with Gasteiger partial charge in [-0.1, -0.05) is 6.92 Å². The molecule has 0 aromatic rings. The molecule has 0 bridgehead atoms. The van der Waals surface area contributed by atoms with Crippen LogP contribution < -0.4 is 10.6 Å². The second kappa shape index (κ2) is 3.98. The molecule has 1 spiro atoms. The molecular formula is C12H20N4O. The molecule has 0 radical (unpaired) electrons. The Morgan fingerprint density at radius 1 is 1.41 bits per heavy atom. The topological polar surface area (TPSA) is 56.7 Å². The number of guanidine groups is 1. The van der Waals surface area contributed by atoms with Crippen molar-refractivity contribution >= 4 is 11.9 Å². The summed E-state index contributed by atoms with van der Waals surface area (Å²) in [4.78, 5) is 19.0. The van der Waals surface area contributed by atoms with Gasteiger partial charge in [0.1, 0.15) is 5.54 Å². The second-order valence-electron chi connectivity index (χ2n) is 5.30. The van der Waals surface area contributed by atoms with E-state index in [1.165, 1.54) is 0 Å². The number of rotatable bonds is 2. The van der Waals surface area contributed by atoms with Gasteiger partial charge in [-0.3, -0.25) is 10.1 Å². The first-order valence-electron chi connectivity index (χ1n) is 6.62. The average Bonchev–Trinajstić information content (AvgIpc) is 3.08. The summed E-state index contributed by atoms with van der Waals surface area (Å²) >= 11 is 0. The van der Waals surface area contributed by atoms with Gasteiger partial charge in [-0.05, 0) is 32.2 Å². The van der Waals surface area contributed by atoms with E-state index in [9.17, 15) is 4.79 Å². The zero-order chi connectivity index (χ0) is 11.9. The molecule has 1 amide bonds. The number of carbonyl (C=O) groups is 1. The SMILES string of the molecule is CCN1CCC2(CC1)NC(=NC1CC1)NC2=O. The van der Waals surface area contributed by atoms with Crippen LogP contribution in [0.3, 0.4) is 0 Å². The summed E-state index contributed by atoms with van der Waals surface area (Å²) in [5, 5.41) is 6.23. The lowest BCUT2D eigenvalue weighted by atomic mass is 9.88. The van der Waals surface area contributed by atoms with Crippen molar-refractivity contribution in [3.8, 4) is 0 Å². The van der Waals surface area contributed by atoms with Crippen LogP contribution in [0.1, 0.15) is 32.6 Å². The van der Waals surface area contributed by atoms with Gasteiger partial charge in [-0.15, -0.1) is 0 Å². The first-order chi connectivity index (χ1) is 8.22. The molecule has 3 aliphatic rings. The van der Waals surface area contributed by atoms with Crippen LogP contribution in [0.25, 0.3) is 0 Å². The fraction of sp³-hybridized carbons (Fsp3) is 0.833. The largest absolute Gasteiger partial charge is 0.342 e. The van der Waals surface area contributed by atoms with E-state index in [0.717, 1.165) is 45.3 Å². The van der Waals surface area contributed by atoms with Gasteiger partial charge < -0.3 is 10.2 Å². The molecule has 0 aromatic carbocycles. The van der Waals surface area contributed by atoms with Gasteiger partial charge in [0.05, 0.1) is 6.04 Å². The molecule has 17 heavy (non-hydrogen) atoms. The second-order valence-corrected chi connectivity index (χ2v) is 5.30. The van der Waals surface area contributed by atoms with Crippen LogP contribution >= 0.6 is 0 Å². The molecule has 2 heterocycles. The first-order valence-corrected chi connectivity index (χ1v) is 6.62. The lowest BCUT2D eigenvalue weighted by Gasteiger charge is -2.36. The summed E-state index contributed by atoms with van der Waals surface area (Å²) in [6.07, 6.45) is 4.10. The van der Waals surface area contributed by atoms with E-state index in [1.807, 2.05) is 0 Å². The Morgan fingerprint density at radius 3 is 2.71 bits per heavy atom. The van der Waals surface area contributed by atoms with Crippen LogP contribution in [0.5, 0.6) is 0 Å². The van der Waals surface area contributed by atoms with E-state index >= 15 is 0 Å². The number of nitrogens with zero attached hydrogens (tertiary/aromatic N) is 2. The maximum absolute atomic E-state index is 12.1. The number of hydrogen-bond acceptors (Lipinski definition) is 3. The number of nitrogens with one attached hydrogen (secondary N) is 2. The van der Waals surface area contributed by atoms with Crippen molar-refractivity contribution in [3.05, 3.63) is 0 Å². The summed E-state index contributed by atoms with van der Waals surface area (Å²) in [5.41, 5.74) is -0.376. The molecule has 1 saturated carbocycles. The Morgan fingerprint density at radius 2 is 2.12 bits per heavy atom. The van der Waals surface area contributed by atoms with Crippen molar-refractivity contribution in [2.24, 2.45) is 4.99 Å². The highest BCUT2D eigenvalue weighted by Crippen LogP contribution is 2.27. The third-order valence-corrected chi connectivity index (χ3v) is 4.04. The standard InChI is InChI=1S/C12H20N4O/c1-2-16-7-5-12(6-8-16)10(17)14-11(15-12)13-9-3-4-9/h9H,2-8H2,1H3,(H2,13,14,15,17). The highest BCUT2D eigenvalue weighted by molar-refractivity contribution is 6.09. The predicted octanol–water partition coefficient (Wildman–Crippen LogP) is 0.0787. The van der Waals surface area contributed by atoms with E-state index in [1.54, 1.807) is 0 Å². The fourth-order valence-corrected chi connectivity index (χ4v) is 2.60. The van der Waals surface area contributed by atoms with Crippen molar-refractivity contribution in [2.75, 3.05) is 19.6 Å². The zero-order valence-corrected chi connectivity index (χ0v) is 10.3. The smallest absolute Gasteiger partial charge is 0.252 e. The molecular weight excluding hydrogens is 216 g/mol. The van der Waals surface area contributed by atoms with E-state index < -0.39 is 0 Å². The van der Waals surface area contributed by atoms with Gasteiger partial charge in [0.25, 0.3) is 5.91 Å². The Balaban J connectivity index is 1.69. The monoisotopic (exact) mass is 236 g/mol. The minimum absolute atomic E-state index is 0.118. The summed E-state index contributed by atoms with van der Waals surface area (Å²) in [5.74, 6) is 0.829. The minimum Gasteiger partial charge on any atom is -0.342 e. The van der Waals surface area contributed by atoms with Gasteiger partial charge >= 0.3 is 0 Å². The molecule has 2 aliphatic heterocycles. The maximum atomic E-state index is 12.1. The average molecular weight is 236 g/mol. The van der Waals surface area contributed by atoms with Gasteiger partial charge in [-0.2, -0.15) is 0 Å². The first kappa shape index (κ1) is 11.0. The Hall–Kier alpha value is -1.10. The number of aliphatic imine (C=N–C) groups is 1. The van der Waals surface area contributed by atoms with E-state index in [0.29, 0.717) is 12.0 Å². The lowest BCUT2D eigenvalue weighted by Crippen LogP contribution is -2.54. The number of hydrogen-bond donors (Lipinski definition) is 2. The minimum atomic E-state index is -0.376. The number of piperidine rings is 1. The Labute approximate surface area is 102 Å². The van der Waals surface area contributed by atoms with Crippen LogP contribution in [0.2, 0.25) is 0 Å². The highest BCUT2D eigenvalue weighted by Gasteiger charge is 2.47. The molecule has 0 unspecified atom stereocenters. The van der Waals surface area contributed by atoms with Crippen LogP contribution in [-0.2, 0) is 4.79 Å². The quantitative estimate of drug-likeness (QED) is 0.714. The summed E-state index contributed by atoms with van der Waals surface area (Å²) < 4.78 is 0. The van der Waals surface area contributed by atoms with E-state index in [2.05, 4.69) is 27.4 Å².